The van der Waals surface area contributed by atoms with E-state index in [1.165, 1.54) is 40.5 Å². The van der Waals surface area contributed by atoms with Crippen LogP contribution in [-0.4, -0.2) is 21.1 Å². The summed E-state index contributed by atoms with van der Waals surface area (Å²) in [5.41, 5.74) is 1.05. The molecule has 0 aliphatic rings. The van der Waals surface area contributed by atoms with Crippen molar-refractivity contribution in [1.29, 1.82) is 5.26 Å². The van der Waals surface area contributed by atoms with Crippen LogP contribution in [0.4, 0.5) is 5.13 Å². The number of thiazole rings is 1. The van der Waals surface area contributed by atoms with Crippen molar-refractivity contribution in [2.24, 2.45) is 0 Å². The minimum Gasteiger partial charge on any atom is -0.504 e. The van der Waals surface area contributed by atoms with E-state index < -0.39 is 5.91 Å². The molecule has 0 saturated heterocycles. The Balaban J connectivity index is 1.77. The number of aryl methyl sites for hydroxylation is 1. The number of thiophene rings is 1. The van der Waals surface area contributed by atoms with Gasteiger partial charge in [0.1, 0.15) is 11.6 Å². The molecule has 0 aliphatic heterocycles. The Bertz CT molecular complexity index is 1040. The average Bonchev–Trinajstić information content (AvgIpc) is 3.24. The van der Waals surface area contributed by atoms with Crippen molar-refractivity contribution >= 4 is 39.8 Å². The normalized spacial score (nSPS) is 11.2. The van der Waals surface area contributed by atoms with Crippen molar-refractivity contribution < 1.29 is 15.0 Å². The number of carbonyl (C=O) groups excluding carboxylic acids is 1. The molecule has 1 aromatic carbocycles. The van der Waals surface area contributed by atoms with E-state index in [-0.39, 0.29) is 17.1 Å². The lowest BCUT2D eigenvalue weighted by atomic mass is 10.1. The van der Waals surface area contributed by atoms with Gasteiger partial charge in [-0.1, -0.05) is 6.07 Å². The second kappa shape index (κ2) is 7.39. The number of hydrogen-bond donors (Lipinski definition) is 3. The van der Waals surface area contributed by atoms with Gasteiger partial charge in [0.15, 0.2) is 16.6 Å². The quantitative estimate of drug-likeness (QED) is 0.357. The maximum absolute atomic E-state index is 12.3. The monoisotopic (exact) mass is 383 g/mol. The van der Waals surface area contributed by atoms with Gasteiger partial charge in [0, 0.05) is 10.3 Å². The molecule has 0 unspecified atom stereocenters. The van der Waals surface area contributed by atoms with E-state index in [9.17, 15) is 20.3 Å². The Morgan fingerprint density at radius 3 is 2.73 bits per heavy atom. The number of benzene rings is 1. The van der Waals surface area contributed by atoms with Gasteiger partial charge in [0.25, 0.3) is 5.91 Å². The number of rotatable bonds is 4. The molecule has 0 atom stereocenters. The summed E-state index contributed by atoms with van der Waals surface area (Å²) in [6.45, 7) is 2.01. The molecule has 8 heteroatoms. The van der Waals surface area contributed by atoms with E-state index in [0.29, 0.717) is 10.7 Å². The van der Waals surface area contributed by atoms with Gasteiger partial charge in [0.2, 0.25) is 0 Å². The maximum atomic E-state index is 12.3. The summed E-state index contributed by atoms with van der Waals surface area (Å²) in [4.78, 5) is 18.9. The molecular weight excluding hydrogens is 370 g/mol. The fourth-order valence-electron chi connectivity index (χ4n) is 2.13. The molecule has 0 bridgehead atoms. The van der Waals surface area contributed by atoms with Gasteiger partial charge in [-0.05, 0) is 42.8 Å². The van der Waals surface area contributed by atoms with Gasteiger partial charge in [-0.2, -0.15) is 5.26 Å². The van der Waals surface area contributed by atoms with Gasteiger partial charge in [0.05, 0.1) is 10.6 Å². The van der Waals surface area contributed by atoms with Gasteiger partial charge in [-0.25, -0.2) is 4.98 Å². The lowest BCUT2D eigenvalue weighted by Gasteiger charge is -2.02. The lowest BCUT2D eigenvalue weighted by Crippen LogP contribution is -2.13. The molecule has 2 aromatic heterocycles. The first kappa shape index (κ1) is 17.7. The van der Waals surface area contributed by atoms with Gasteiger partial charge in [-0.3, -0.25) is 10.1 Å². The number of amides is 1. The number of nitrogens with one attached hydrogen (secondary N) is 1. The average molecular weight is 383 g/mol. The standard InChI is InChI=1S/C18H13N3O3S2/c1-10-2-5-16(26-10)13-9-25-18(20-13)21-17(24)12(8-19)6-11-3-4-14(22)15(23)7-11/h2-7,9,22-23H,1H3,(H,20,21,24)/b12-6+. The van der Waals surface area contributed by atoms with Crippen LogP contribution in [-0.2, 0) is 4.79 Å². The Morgan fingerprint density at radius 2 is 2.08 bits per heavy atom. The SMILES string of the molecule is Cc1ccc(-c2csc(NC(=O)/C(C#N)=C/c3ccc(O)c(O)c3)n2)s1. The van der Waals surface area contributed by atoms with Crippen LogP contribution in [0.25, 0.3) is 16.6 Å². The van der Waals surface area contributed by atoms with Crippen molar-refractivity contribution in [2.75, 3.05) is 5.32 Å². The highest BCUT2D eigenvalue weighted by molar-refractivity contribution is 7.17. The van der Waals surface area contributed by atoms with Crippen molar-refractivity contribution in [3.8, 4) is 28.1 Å². The number of phenols is 2. The summed E-state index contributed by atoms with van der Waals surface area (Å²) in [6.07, 6.45) is 1.33. The van der Waals surface area contributed by atoms with Crippen molar-refractivity contribution in [3.63, 3.8) is 0 Å². The molecule has 0 saturated carbocycles. The summed E-state index contributed by atoms with van der Waals surface area (Å²) in [5, 5.41) is 32.9. The minimum absolute atomic E-state index is 0.140. The molecule has 3 rings (SSSR count). The third kappa shape index (κ3) is 3.91. The zero-order valence-electron chi connectivity index (χ0n) is 13.6. The summed E-state index contributed by atoms with van der Waals surface area (Å²) in [6, 6.07) is 9.84. The third-order valence-corrected chi connectivity index (χ3v) is 5.17. The van der Waals surface area contributed by atoms with E-state index in [0.717, 1.165) is 10.6 Å². The predicted octanol–water partition coefficient (Wildman–Crippen LogP) is 4.14. The second-order valence-electron chi connectivity index (χ2n) is 5.32. The first-order chi connectivity index (χ1) is 12.5. The second-order valence-corrected chi connectivity index (χ2v) is 7.47. The first-order valence-electron chi connectivity index (χ1n) is 7.43. The zero-order valence-corrected chi connectivity index (χ0v) is 15.2. The lowest BCUT2D eigenvalue weighted by molar-refractivity contribution is -0.112. The van der Waals surface area contributed by atoms with Crippen molar-refractivity contribution in [3.05, 3.63) is 51.7 Å². The van der Waals surface area contributed by atoms with Crippen LogP contribution >= 0.6 is 22.7 Å². The number of anilines is 1. The molecule has 26 heavy (non-hydrogen) atoms. The number of aromatic nitrogens is 1. The highest BCUT2D eigenvalue weighted by Gasteiger charge is 2.13. The van der Waals surface area contributed by atoms with Gasteiger partial charge in [-0.15, -0.1) is 22.7 Å². The predicted molar refractivity (Wildman–Crippen MR) is 102 cm³/mol. The van der Waals surface area contributed by atoms with Crippen molar-refractivity contribution in [2.45, 2.75) is 6.92 Å². The third-order valence-electron chi connectivity index (χ3n) is 3.39. The molecule has 2 heterocycles. The molecule has 6 nitrogen and oxygen atoms in total. The van der Waals surface area contributed by atoms with E-state index in [4.69, 9.17) is 0 Å². The summed E-state index contributed by atoms with van der Waals surface area (Å²) in [7, 11) is 0. The molecule has 0 aliphatic carbocycles. The minimum atomic E-state index is -0.594. The highest BCUT2D eigenvalue weighted by atomic mass is 32.1. The van der Waals surface area contributed by atoms with E-state index >= 15 is 0 Å². The maximum Gasteiger partial charge on any atom is 0.268 e. The summed E-state index contributed by atoms with van der Waals surface area (Å²) in [5.74, 6) is -1.19. The van der Waals surface area contributed by atoms with E-state index in [1.54, 1.807) is 11.3 Å². The summed E-state index contributed by atoms with van der Waals surface area (Å²) < 4.78 is 0. The molecule has 0 spiro atoms. The van der Waals surface area contributed by atoms with E-state index in [1.807, 2.05) is 30.5 Å². The molecule has 0 fully saturated rings. The zero-order chi connectivity index (χ0) is 18.7. The number of phenolic OH excluding ortho intramolecular Hbond substituents is 2. The highest BCUT2D eigenvalue weighted by Crippen LogP contribution is 2.30. The smallest absolute Gasteiger partial charge is 0.268 e. The van der Waals surface area contributed by atoms with Crippen LogP contribution in [0, 0.1) is 18.3 Å². The van der Waals surface area contributed by atoms with Crippen LogP contribution in [0.15, 0.2) is 41.3 Å². The Hall–Kier alpha value is -3.15. The topological polar surface area (TPSA) is 106 Å². The van der Waals surface area contributed by atoms with Crippen LogP contribution in [0.2, 0.25) is 0 Å². The Labute approximate surface area is 157 Å². The molecular formula is C18H13N3O3S2. The van der Waals surface area contributed by atoms with Gasteiger partial charge >= 0.3 is 0 Å². The molecule has 3 aromatic rings. The summed E-state index contributed by atoms with van der Waals surface area (Å²) >= 11 is 2.89. The van der Waals surface area contributed by atoms with Crippen molar-refractivity contribution in [1.82, 2.24) is 4.98 Å². The van der Waals surface area contributed by atoms with Gasteiger partial charge < -0.3 is 10.2 Å². The van der Waals surface area contributed by atoms with Crippen LogP contribution in [0.3, 0.4) is 0 Å². The fourth-order valence-corrected chi connectivity index (χ4v) is 3.73. The fraction of sp³-hybridized carbons (Fsp3) is 0.0556. The molecule has 3 N–H and O–H groups in total. The number of nitriles is 1. The molecule has 1 amide bonds. The largest absolute Gasteiger partial charge is 0.504 e. The van der Waals surface area contributed by atoms with Crippen LogP contribution in [0.5, 0.6) is 11.5 Å². The molecule has 0 radical (unpaired) electrons. The van der Waals surface area contributed by atoms with E-state index in [2.05, 4.69) is 10.3 Å². The first-order valence-corrected chi connectivity index (χ1v) is 9.13. The molecule has 130 valence electrons. The number of hydrogen-bond acceptors (Lipinski definition) is 7. The Morgan fingerprint density at radius 1 is 1.27 bits per heavy atom. The van der Waals surface area contributed by atoms with Crippen LogP contribution in [0.1, 0.15) is 10.4 Å². The number of carbonyl (C=O) groups is 1. The Kier molecular flexibility index (Phi) is 5.02. The van der Waals surface area contributed by atoms with Crippen LogP contribution < -0.4 is 5.32 Å². The number of aromatic hydroxyl groups is 2. The number of nitrogens with zero attached hydrogens (tertiary/aromatic N) is 2.